The number of aromatic nitrogens is 1. The Morgan fingerprint density at radius 2 is 1.58 bits per heavy atom. The monoisotopic (exact) mass is 355 g/mol. The van der Waals surface area contributed by atoms with Crippen LogP contribution in [0.15, 0.2) is 42.7 Å². The van der Waals surface area contributed by atoms with Crippen LogP contribution in [0.25, 0.3) is 0 Å². The van der Waals surface area contributed by atoms with Crippen molar-refractivity contribution in [1.82, 2.24) is 14.4 Å². The zero-order valence-electron chi connectivity index (χ0n) is 15.4. The highest BCUT2D eigenvalue weighted by atomic mass is 16.5. The maximum Gasteiger partial charge on any atom is 0.227 e. The number of benzene rings is 1. The fraction of sp³-hybridized carbons (Fsp3) is 0.400. The smallest absolute Gasteiger partial charge is 0.227 e. The van der Waals surface area contributed by atoms with Crippen LogP contribution >= 0.6 is 0 Å². The maximum absolute atomic E-state index is 12.6. The molecule has 3 rings (SSSR count). The molecule has 0 N–H and O–H groups in total. The molecule has 0 bridgehead atoms. The van der Waals surface area contributed by atoms with Gasteiger partial charge < -0.3 is 19.1 Å². The van der Waals surface area contributed by atoms with E-state index < -0.39 is 0 Å². The molecule has 26 heavy (non-hydrogen) atoms. The zero-order chi connectivity index (χ0) is 18.5. The Kier molecular flexibility index (Phi) is 5.61. The van der Waals surface area contributed by atoms with E-state index in [9.17, 15) is 9.59 Å². The predicted octanol–water partition coefficient (Wildman–Crippen LogP) is 1.49. The summed E-state index contributed by atoms with van der Waals surface area (Å²) in [7, 11) is 3.56. The van der Waals surface area contributed by atoms with Gasteiger partial charge in [-0.1, -0.05) is 18.2 Å². The molecule has 138 valence electrons. The largest absolute Gasteiger partial charge is 0.496 e. The minimum atomic E-state index is 0.0738. The molecule has 0 atom stereocenters. The number of methoxy groups -OCH3 is 1. The first kappa shape index (κ1) is 18.0. The lowest BCUT2D eigenvalue weighted by Gasteiger charge is -2.35. The van der Waals surface area contributed by atoms with Crippen LogP contribution < -0.4 is 4.74 Å². The van der Waals surface area contributed by atoms with Gasteiger partial charge in [0.25, 0.3) is 0 Å². The third-order valence-electron chi connectivity index (χ3n) is 4.77. The van der Waals surface area contributed by atoms with Gasteiger partial charge in [0.15, 0.2) is 0 Å². The summed E-state index contributed by atoms with van der Waals surface area (Å²) < 4.78 is 7.26. The fourth-order valence-electron chi connectivity index (χ4n) is 3.28. The van der Waals surface area contributed by atoms with E-state index in [-0.39, 0.29) is 11.8 Å². The van der Waals surface area contributed by atoms with Crippen molar-refractivity contribution in [2.24, 2.45) is 7.05 Å². The number of piperazine rings is 1. The second kappa shape index (κ2) is 8.08. The van der Waals surface area contributed by atoms with Crippen LogP contribution in [0.2, 0.25) is 0 Å². The molecular weight excluding hydrogens is 330 g/mol. The van der Waals surface area contributed by atoms with E-state index in [1.165, 1.54) is 0 Å². The number of carbonyl (C=O) groups excluding carboxylic acids is 2. The number of hydrogen-bond acceptors (Lipinski definition) is 3. The number of hydrogen-bond donors (Lipinski definition) is 0. The van der Waals surface area contributed by atoms with E-state index >= 15 is 0 Å². The lowest BCUT2D eigenvalue weighted by atomic mass is 10.1. The molecule has 0 spiro atoms. The molecule has 1 saturated heterocycles. The summed E-state index contributed by atoms with van der Waals surface area (Å²) in [6.07, 6.45) is 4.64. The lowest BCUT2D eigenvalue weighted by Crippen LogP contribution is -2.51. The normalized spacial score (nSPS) is 14.4. The predicted molar refractivity (Wildman–Crippen MR) is 99.0 cm³/mol. The number of carbonyl (C=O) groups is 2. The Bertz CT molecular complexity index is 776. The zero-order valence-corrected chi connectivity index (χ0v) is 15.4. The third kappa shape index (κ3) is 4.25. The van der Waals surface area contributed by atoms with Crippen molar-refractivity contribution >= 4 is 11.8 Å². The fourth-order valence-corrected chi connectivity index (χ4v) is 3.28. The van der Waals surface area contributed by atoms with Gasteiger partial charge in [-0.15, -0.1) is 0 Å². The summed E-state index contributed by atoms with van der Waals surface area (Å²) in [6, 6.07) is 9.54. The minimum Gasteiger partial charge on any atom is -0.496 e. The van der Waals surface area contributed by atoms with Gasteiger partial charge in [-0.3, -0.25) is 9.59 Å². The second-order valence-corrected chi connectivity index (χ2v) is 6.61. The van der Waals surface area contributed by atoms with Crippen LogP contribution in [0, 0.1) is 0 Å². The first-order valence-electron chi connectivity index (χ1n) is 8.85. The molecule has 1 aromatic heterocycles. The molecule has 0 radical (unpaired) electrons. The van der Waals surface area contributed by atoms with Crippen LogP contribution in [-0.2, 0) is 29.5 Å². The first-order chi connectivity index (χ1) is 12.6. The van der Waals surface area contributed by atoms with E-state index in [4.69, 9.17) is 4.74 Å². The molecule has 1 aromatic carbocycles. The lowest BCUT2D eigenvalue weighted by molar-refractivity contribution is -0.138. The number of nitrogens with zero attached hydrogens (tertiary/aromatic N) is 3. The number of aryl methyl sites for hydroxylation is 1. The van der Waals surface area contributed by atoms with Crippen LogP contribution in [0.4, 0.5) is 0 Å². The summed E-state index contributed by atoms with van der Waals surface area (Å²) in [5, 5.41) is 0. The Morgan fingerprint density at radius 3 is 2.15 bits per heavy atom. The number of rotatable bonds is 5. The molecule has 0 saturated carbocycles. The molecule has 6 heteroatoms. The van der Waals surface area contributed by atoms with E-state index in [1.54, 1.807) is 7.11 Å². The average Bonchev–Trinajstić information content (AvgIpc) is 3.07. The van der Waals surface area contributed by atoms with E-state index in [2.05, 4.69) is 0 Å². The van der Waals surface area contributed by atoms with Gasteiger partial charge in [-0.2, -0.15) is 0 Å². The van der Waals surface area contributed by atoms with Gasteiger partial charge in [0.1, 0.15) is 5.75 Å². The molecule has 6 nitrogen and oxygen atoms in total. The summed E-state index contributed by atoms with van der Waals surface area (Å²) >= 11 is 0. The Morgan fingerprint density at radius 1 is 0.962 bits per heavy atom. The second-order valence-electron chi connectivity index (χ2n) is 6.61. The number of amides is 2. The molecule has 2 aromatic rings. The highest BCUT2D eigenvalue weighted by Crippen LogP contribution is 2.19. The quantitative estimate of drug-likeness (QED) is 0.817. The minimum absolute atomic E-state index is 0.0738. The highest BCUT2D eigenvalue weighted by Gasteiger charge is 2.24. The van der Waals surface area contributed by atoms with Crippen molar-refractivity contribution in [2.45, 2.75) is 12.8 Å². The standard InChI is InChI=1S/C20H25N3O3/c1-21-8-7-16(15-21)13-19(24)22-9-11-23(12-10-22)20(25)14-17-5-3-4-6-18(17)26-2/h3-8,15H,9-14H2,1-2H3. The van der Waals surface area contributed by atoms with Crippen LogP contribution in [0.5, 0.6) is 5.75 Å². The van der Waals surface area contributed by atoms with Gasteiger partial charge >= 0.3 is 0 Å². The number of ether oxygens (including phenoxy) is 1. The molecule has 2 amide bonds. The van der Waals surface area contributed by atoms with Crippen molar-refractivity contribution < 1.29 is 14.3 Å². The average molecular weight is 355 g/mol. The maximum atomic E-state index is 12.6. The topological polar surface area (TPSA) is 54.8 Å². The van der Waals surface area contributed by atoms with Gasteiger partial charge in [0.2, 0.25) is 11.8 Å². The van der Waals surface area contributed by atoms with Crippen molar-refractivity contribution in [3.63, 3.8) is 0 Å². The van der Waals surface area contributed by atoms with Gasteiger partial charge in [0, 0.05) is 51.2 Å². The van der Waals surface area contributed by atoms with Gasteiger partial charge in [-0.25, -0.2) is 0 Å². The molecular formula is C20H25N3O3. The molecule has 1 fully saturated rings. The summed E-state index contributed by atoms with van der Waals surface area (Å²) in [5.41, 5.74) is 1.91. The Hall–Kier alpha value is -2.76. The van der Waals surface area contributed by atoms with Crippen LogP contribution in [-0.4, -0.2) is 59.5 Å². The number of para-hydroxylation sites is 1. The molecule has 1 aliphatic rings. The van der Waals surface area contributed by atoms with Gasteiger partial charge in [0.05, 0.1) is 20.0 Å². The van der Waals surface area contributed by atoms with Gasteiger partial charge in [-0.05, 0) is 17.7 Å². The van der Waals surface area contributed by atoms with Crippen LogP contribution in [0.1, 0.15) is 11.1 Å². The molecule has 0 aliphatic carbocycles. The summed E-state index contributed by atoms with van der Waals surface area (Å²) in [4.78, 5) is 28.7. The summed E-state index contributed by atoms with van der Waals surface area (Å²) in [5.74, 6) is 0.926. The van der Waals surface area contributed by atoms with Crippen molar-refractivity contribution in [3.8, 4) is 5.75 Å². The van der Waals surface area contributed by atoms with Crippen molar-refractivity contribution in [3.05, 3.63) is 53.9 Å². The molecule has 2 heterocycles. The molecule has 1 aliphatic heterocycles. The highest BCUT2D eigenvalue weighted by molar-refractivity contribution is 5.81. The van der Waals surface area contributed by atoms with Crippen LogP contribution in [0.3, 0.4) is 0 Å². The van der Waals surface area contributed by atoms with E-state index in [0.29, 0.717) is 39.0 Å². The summed E-state index contributed by atoms with van der Waals surface area (Å²) in [6.45, 7) is 2.33. The SMILES string of the molecule is COc1ccccc1CC(=O)N1CCN(C(=O)Cc2ccn(C)c2)CC1. The Labute approximate surface area is 154 Å². The third-order valence-corrected chi connectivity index (χ3v) is 4.77. The Balaban J connectivity index is 1.51. The van der Waals surface area contributed by atoms with Crippen molar-refractivity contribution in [1.29, 1.82) is 0 Å². The first-order valence-corrected chi connectivity index (χ1v) is 8.85. The molecule has 0 unspecified atom stereocenters. The van der Waals surface area contributed by atoms with Crippen molar-refractivity contribution in [2.75, 3.05) is 33.3 Å². The van der Waals surface area contributed by atoms with E-state index in [0.717, 1.165) is 16.9 Å². The van der Waals surface area contributed by atoms with E-state index in [1.807, 2.05) is 64.1 Å².